The highest BCUT2D eigenvalue weighted by Crippen LogP contribution is 2.41. The molecule has 0 atom stereocenters. The van der Waals surface area contributed by atoms with Gasteiger partial charge in [-0.05, 0) is 28.1 Å². The molecule has 19 heavy (non-hydrogen) atoms. The Morgan fingerprint density at radius 2 is 2.11 bits per heavy atom. The summed E-state index contributed by atoms with van der Waals surface area (Å²) < 4.78 is 16.9. The van der Waals surface area contributed by atoms with Crippen LogP contribution < -0.4 is 15.1 Å². The molecule has 0 unspecified atom stereocenters. The zero-order valence-electron chi connectivity index (χ0n) is 10.2. The summed E-state index contributed by atoms with van der Waals surface area (Å²) in [6.07, 6.45) is 0.586. The molecular weight excluding hydrogens is 312 g/mol. The Morgan fingerprint density at radius 1 is 1.32 bits per heavy atom. The second-order valence-electron chi connectivity index (χ2n) is 4.14. The van der Waals surface area contributed by atoms with Crippen molar-refractivity contribution in [3.8, 4) is 22.8 Å². The number of hydrogen-bond donors (Lipinski definition) is 0. The zero-order chi connectivity index (χ0) is 13.4. The van der Waals surface area contributed by atoms with Gasteiger partial charge < -0.3 is 13.9 Å². The summed E-state index contributed by atoms with van der Waals surface area (Å²) in [7, 11) is 1.58. The first kappa shape index (κ1) is 12.3. The summed E-state index contributed by atoms with van der Waals surface area (Å²) in [6, 6.07) is 7.37. The minimum Gasteiger partial charge on any atom is -0.496 e. The van der Waals surface area contributed by atoms with Crippen LogP contribution in [0.4, 0.5) is 0 Å². The van der Waals surface area contributed by atoms with Gasteiger partial charge in [-0.1, -0.05) is 12.1 Å². The third kappa shape index (κ3) is 1.94. The van der Waals surface area contributed by atoms with Gasteiger partial charge in [0, 0.05) is 6.42 Å². The smallest absolute Gasteiger partial charge is 0.343 e. The Bertz CT molecular complexity index is 690. The van der Waals surface area contributed by atoms with Gasteiger partial charge in [0.05, 0.1) is 24.8 Å². The van der Waals surface area contributed by atoms with Gasteiger partial charge >= 0.3 is 5.63 Å². The second kappa shape index (κ2) is 4.74. The van der Waals surface area contributed by atoms with Crippen LogP contribution in [-0.4, -0.2) is 13.7 Å². The summed E-state index contributed by atoms with van der Waals surface area (Å²) >= 11 is 3.45. The predicted octanol–water partition coefficient (Wildman–Crippen LogP) is 3.01. The third-order valence-electron chi connectivity index (χ3n) is 3.06. The standard InChI is InChI=1S/C14H11BrO4/c1-17-10-5-3-2-4-8(10)13-11(15)12-9(6-7-18-12)14(16)19-13/h2-5H,6-7H2,1H3. The lowest BCUT2D eigenvalue weighted by Gasteiger charge is -2.10. The fraction of sp³-hybridized carbons (Fsp3) is 0.214. The molecule has 1 aliphatic heterocycles. The molecule has 98 valence electrons. The van der Waals surface area contributed by atoms with Crippen LogP contribution in [0, 0.1) is 0 Å². The fourth-order valence-electron chi connectivity index (χ4n) is 2.15. The molecule has 0 radical (unpaired) electrons. The monoisotopic (exact) mass is 322 g/mol. The Kier molecular flexibility index (Phi) is 3.06. The fourth-order valence-corrected chi connectivity index (χ4v) is 2.80. The van der Waals surface area contributed by atoms with E-state index in [2.05, 4.69) is 15.9 Å². The van der Waals surface area contributed by atoms with Gasteiger partial charge in [-0.3, -0.25) is 0 Å². The molecule has 1 aromatic carbocycles. The van der Waals surface area contributed by atoms with E-state index in [9.17, 15) is 4.79 Å². The number of hydrogen-bond acceptors (Lipinski definition) is 4. The number of ether oxygens (including phenoxy) is 2. The topological polar surface area (TPSA) is 48.7 Å². The van der Waals surface area contributed by atoms with Crippen molar-refractivity contribution in [1.29, 1.82) is 0 Å². The molecule has 1 aliphatic rings. The average Bonchev–Trinajstić information content (AvgIpc) is 2.93. The summed E-state index contributed by atoms with van der Waals surface area (Å²) in [5, 5.41) is 0. The van der Waals surface area contributed by atoms with E-state index in [0.29, 0.717) is 45.9 Å². The van der Waals surface area contributed by atoms with Gasteiger partial charge in [0.2, 0.25) is 0 Å². The SMILES string of the molecule is COc1ccccc1-c1oc(=O)c2c(c1Br)OCC2. The quantitative estimate of drug-likeness (QED) is 0.852. The first-order valence-corrected chi connectivity index (χ1v) is 6.63. The van der Waals surface area contributed by atoms with Crippen molar-refractivity contribution < 1.29 is 13.9 Å². The second-order valence-corrected chi connectivity index (χ2v) is 4.93. The van der Waals surface area contributed by atoms with Crippen molar-refractivity contribution in [1.82, 2.24) is 0 Å². The van der Waals surface area contributed by atoms with Crippen LogP contribution in [0.2, 0.25) is 0 Å². The third-order valence-corrected chi connectivity index (χ3v) is 3.78. The maximum Gasteiger partial charge on any atom is 0.343 e. The summed E-state index contributed by atoms with van der Waals surface area (Å²) in [5.74, 6) is 1.66. The first-order valence-electron chi connectivity index (χ1n) is 5.84. The van der Waals surface area contributed by atoms with Gasteiger partial charge in [-0.15, -0.1) is 0 Å². The van der Waals surface area contributed by atoms with Crippen molar-refractivity contribution in [3.63, 3.8) is 0 Å². The zero-order valence-corrected chi connectivity index (χ0v) is 11.8. The highest BCUT2D eigenvalue weighted by atomic mass is 79.9. The van der Waals surface area contributed by atoms with E-state index in [1.807, 2.05) is 24.3 Å². The van der Waals surface area contributed by atoms with Gasteiger partial charge in [0.1, 0.15) is 16.0 Å². The van der Waals surface area contributed by atoms with Crippen LogP contribution in [0.25, 0.3) is 11.3 Å². The minimum absolute atomic E-state index is 0.350. The van der Waals surface area contributed by atoms with Crippen molar-refractivity contribution in [3.05, 3.63) is 44.7 Å². The summed E-state index contributed by atoms with van der Waals surface area (Å²) in [4.78, 5) is 11.9. The normalized spacial score (nSPS) is 12.9. The number of fused-ring (bicyclic) bond motifs is 1. The van der Waals surface area contributed by atoms with Crippen LogP contribution in [-0.2, 0) is 6.42 Å². The predicted molar refractivity (Wildman–Crippen MR) is 73.9 cm³/mol. The van der Waals surface area contributed by atoms with Crippen LogP contribution >= 0.6 is 15.9 Å². The Morgan fingerprint density at radius 3 is 2.89 bits per heavy atom. The van der Waals surface area contributed by atoms with E-state index in [4.69, 9.17) is 13.9 Å². The maximum absolute atomic E-state index is 11.9. The molecule has 5 heteroatoms. The Labute approximate surface area is 118 Å². The Balaban J connectivity index is 2.27. The number of rotatable bonds is 2. The molecule has 0 amide bonds. The molecule has 0 aliphatic carbocycles. The van der Waals surface area contributed by atoms with Crippen molar-refractivity contribution >= 4 is 15.9 Å². The lowest BCUT2D eigenvalue weighted by molar-refractivity contribution is 0.353. The van der Waals surface area contributed by atoms with Crippen molar-refractivity contribution in [2.75, 3.05) is 13.7 Å². The lowest BCUT2D eigenvalue weighted by Crippen LogP contribution is -2.06. The lowest BCUT2D eigenvalue weighted by atomic mass is 10.1. The molecular formula is C14H11BrO4. The van der Waals surface area contributed by atoms with Gasteiger partial charge in [-0.2, -0.15) is 0 Å². The molecule has 3 rings (SSSR count). The van der Waals surface area contributed by atoms with Crippen molar-refractivity contribution in [2.45, 2.75) is 6.42 Å². The van der Waals surface area contributed by atoms with Gasteiger partial charge in [-0.25, -0.2) is 4.79 Å². The van der Waals surface area contributed by atoms with E-state index < -0.39 is 0 Å². The molecule has 0 bridgehead atoms. The molecule has 2 aromatic rings. The number of halogens is 1. The van der Waals surface area contributed by atoms with Crippen LogP contribution in [0.3, 0.4) is 0 Å². The molecule has 0 saturated carbocycles. The van der Waals surface area contributed by atoms with E-state index in [1.165, 1.54) is 0 Å². The average molecular weight is 323 g/mol. The Hall–Kier alpha value is -1.75. The van der Waals surface area contributed by atoms with Crippen LogP contribution in [0.1, 0.15) is 5.56 Å². The molecule has 1 aromatic heterocycles. The number of para-hydroxylation sites is 1. The highest BCUT2D eigenvalue weighted by Gasteiger charge is 2.25. The molecule has 0 fully saturated rings. The van der Waals surface area contributed by atoms with E-state index >= 15 is 0 Å². The molecule has 0 saturated heterocycles. The molecule has 0 spiro atoms. The summed E-state index contributed by atoms with van der Waals surface area (Å²) in [5.41, 5.74) is 0.953. The number of benzene rings is 1. The molecule has 2 heterocycles. The number of methoxy groups -OCH3 is 1. The van der Waals surface area contributed by atoms with E-state index in [1.54, 1.807) is 7.11 Å². The maximum atomic E-state index is 11.9. The minimum atomic E-state index is -0.350. The summed E-state index contributed by atoms with van der Waals surface area (Å²) in [6.45, 7) is 0.508. The largest absolute Gasteiger partial charge is 0.496 e. The van der Waals surface area contributed by atoms with E-state index in [-0.39, 0.29) is 5.63 Å². The van der Waals surface area contributed by atoms with Crippen LogP contribution in [0.5, 0.6) is 11.5 Å². The van der Waals surface area contributed by atoms with Gasteiger partial charge in [0.15, 0.2) is 5.76 Å². The van der Waals surface area contributed by atoms with Gasteiger partial charge in [0.25, 0.3) is 0 Å². The van der Waals surface area contributed by atoms with Crippen LogP contribution in [0.15, 0.2) is 37.9 Å². The highest BCUT2D eigenvalue weighted by molar-refractivity contribution is 9.10. The van der Waals surface area contributed by atoms with Crippen molar-refractivity contribution in [2.24, 2.45) is 0 Å². The molecule has 0 N–H and O–H groups in total. The molecule has 4 nitrogen and oxygen atoms in total. The van der Waals surface area contributed by atoms with E-state index in [0.717, 1.165) is 0 Å². The first-order chi connectivity index (χ1) is 9.22.